The Morgan fingerprint density at radius 2 is 1.59 bits per heavy atom. The smallest absolute Gasteiger partial charge is 0.240 e. The van der Waals surface area contributed by atoms with E-state index in [0.717, 1.165) is 17.0 Å². The molecule has 2 aromatic heterocycles. The van der Waals surface area contributed by atoms with Crippen molar-refractivity contribution in [3.63, 3.8) is 0 Å². The fourth-order valence-corrected chi connectivity index (χ4v) is 2.35. The summed E-state index contributed by atoms with van der Waals surface area (Å²) < 4.78 is 14.1. The molecular weight excluding hydrogens is 281 g/mol. The number of halogens is 1. The molecule has 22 heavy (non-hydrogen) atoms. The summed E-state index contributed by atoms with van der Waals surface area (Å²) in [6.07, 6.45) is 0. The van der Waals surface area contributed by atoms with Gasteiger partial charge in [0.05, 0.1) is 0 Å². The van der Waals surface area contributed by atoms with Gasteiger partial charge < -0.3 is 5.73 Å². The van der Waals surface area contributed by atoms with E-state index in [1.54, 1.807) is 18.2 Å². The van der Waals surface area contributed by atoms with Crippen LogP contribution in [0.4, 0.5) is 10.3 Å². The summed E-state index contributed by atoms with van der Waals surface area (Å²) >= 11 is 0. The molecule has 0 fully saturated rings. The van der Waals surface area contributed by atoms with Gasteiger partial charge in [0.2, 0.25) is 5.95 Å². The van der Waals surface area contributed by atoms with Gasteiger partial charge >= 0.3 is 0 Å². The Labute approximate surface area is 127 Å². The molecule has 3 rings (SSSR count). The Hall–Kier alpha value is -2.89. The molecule has 5 nitrogen and oxygen atoms in total. The summed E-state index contributed by atoms with van der Waals surface area (Å²) in [6.45, 7) is 3.77. The maximum absolute atomic E-state index is 14.1. The van der Waals surface area contributed by atoms with Gasteiger partial charge in [-0.1, -0.05) is 12.1 Å². The van der Waals surface area contributed by atoms with Gasteiger partial charge in [0.25, 0.3) is 0 Å². The van der Waals surface area contributed by atoms with Crippen LogP contribution in [0.1, 0.15) is 11.4 Å². The fourth-order valence-electron chi connectivity index (χ4n) is 2.35. The number of hydrogen-bond donors (Lipinski definition) is 1. The van der Waals surface area contributed by atoms with Gasteiger partial charge in [-0.05, 0) is 38.1 Å². The SMILES string of the molecule is Cc1cc(-c2nnc(N)nc2-c2ccccc2F)cc(C)n1. The summed E-state index contributed by atoms with van der Waals surface area (Å²) in [4.78, 5) is 8.51. The molecule has 2 heterocycles. The number of pyridine rings is 1. The van der Waals surface area contributed by atoms with Crippen LogP contribution in [-0.4, -0.2) is 20.2 Å². The minimum Gasteiger partial charge on any atom is -0.366 e. The Balaban J connectivity index is 2.27. The van der Waals surface area contributed by atoms with Crippen molar-refractivity contribution in [3.8, 4) is 22.5 Å². The Morgan fingerprint density at radius 3 is 2.27 bits per heavy atom. The fraction of sp³-hybridized carbons (Fsp3) is 0.125. The highest BCUT2D eigenvalue weighted by Crippen LogP contribution is 2.30. The number of benzene rings is 1. The summed E-state index contributed by atoms with van der Waals surface area (Å²) in [5.74, 6) is -0.379. The van der Waals surface area contributed by atoms with Crippen LogP contribution >= 0.6 is 0 Å². The number of rotatable bonds is 2. The molecule has 0 atom stereocenters. The first-order valence-corrected chi connectivity index (χ1v) is 6.75. The van der Waals surface area contributed by atoms with Crippen molar-refractivity contribution in [1.82, 2.24) is 20.2 Å². The molecule has 0 spiro atoms. The van der Waals surface area contributed by atoms with Crippen LogP contribution in [-0.2, 0) is 0 Å². The van der Waals surface area contributed by atoms with Crippen LogP contribution in [0.25, 0.3) is 22.5 Å². The van der Waals surface area contributed by atoms with Gasteiger partial charge in [0.1, 0.15) is 17.2 Å². The first-order valence-electron chi connectivity index (χ1n) is 6.75. The minimum atomic E-state index is -0.383. The molecule has 2 N–H and O–H groups in total. The van der Waals surface area contributed by atoms with Crippen molar-refractivity contribution < 1.29 is 4.39 Å². The Morgan fingerprint density at radius 1 is 0.909 bits per heavy atom. The summed E-state index contributed by atoms with van der Waals surface area (Å²) in [5, 5.41) is 7.92. The molecule has 0 amide bonds. The topological polar surface area (TPSA) is 77.6 Å². The molecule has 3 aromatic rings. The predicted molar refractivity (Wildman–Crippen MR) is 82.3 cm³/mol. The van der Waals surface area contributed by atoms with E-state index in [2.05, 4.69) is 20.2 Å². The number of nitrogen functional groups attached to an aromatic ring is 1. The van der Waals surface area contributed by atoms with Crippen molar-refractivity contribution in [2.75, 3.05) is 5.73 Å². The van der Waals surface area contributed by atoms with Crippen molar-refractivity contribution in [2.45, 2.75) is 13.8 Å². The largest absolute Gasteiger partial charge is 0.366 e. The second-order valence-electron chi connectivity index (χ2n) is 4.99. The van der Waals surface area contributed by atoms with Gasteiger partial charge in [-0.15, -0.1) is 10.2 Å². The lowest BCUT2D eigenvalue weighted by Gasteiger charge is -2.10. The van der Waals surface area contributed by atoms with Gasteiger partial charge in [0, 0.05) is 22.5 Å². The van der Waals surface area contributed by atoms with Crippen LogP contribution < -0.4 is 5.73 Å². The molecule has 0 aliphatic carbocycles. The van der Waals surface area contributed by atoms with Crippen LogP contribution in [0, 0.1) is 19.7 Å². The number of nitrogens with zero attached hydrogens (tertiary/aromatic N) is 4. The maximum Gasteiger partial charge on any atom is 0.240 e. The molecule has 6 heteroatoms. The first kappa shape index (κ1) is 14.1. The van der Waals surface area contributed by atoms with E-state index >= 15 is 0 Å². The maximum atomic E-state index is 14.1. The lowest BCUT2D eigenvalue weighted by atomic mass is 10.0. The van der Waals surface area contributed by atoms with Crippen LogP contribution in [0.3, 0.4) is 0 Å². The zero-order valence-corrected chi connectivity index (χ0v) is 12.2. The third-order valence-corrected chi connectivity index (χ3v) is 3.19. The number of aryl methyl sites for hydroxylation is 2. The Bertz CT molecular complexity index is 827. The van der Waals surface area contributed by atoms with E-state index in [1.165, 1.54) is 6.07 Å². The lowest BCUT2D eigenvalue weighted by Crippen LogP contribution is -2.03. The third kappa shape index (κ3) is 2.63. The van der Waals surface area contributed by atoms with Crippen molar-refractivity contribution >= 4 is 5.95 Å². The molecule has 0 bridgehead atoms. The van der Waals surface area contributed by atoms with E-state index in [4.69, 9.17) is 5.73 Å². The van der Waals surface area contributed by atoms with Gasteiger partial charge in [-0.3, -0.25) is 4.98 Å². The molecule has 0 aliphatic rings. The third-order valence-electron chi connectivity index (χ3n) is 3.19. The summed E-state index contributed by atoms with van der Waals surface area (Å²) in [5.41, 5.74) is 9.29. The number of hydrogen-bond acceptors (Lipinski definition) is 5. The monoisotopic (exact) mass is 295 g/mol. The highest BCUT2D eigenvalue weighted by molar-refractivity contribution is 5.78. The van der Waals surface area contributed by atoms with Crippen molar-refractivity contribution in [1.29, 1.82) is 0 Å². The van der Waals surface area contributed by atoms with E-state index in [0.29, 0.717) is 17.0 Å². The van der Waals surface area contributed by atoms with E-state index in [9.17, 15) is 4.39 Å². The van der Waals surface area contributed by atoms with Crippen molar-refractivity contribution in [3.05, 3.63) is 53.6 Å². The predicted octanol–water partition coefficient (Wildman–Crippen LogP) is 2.94. The van der Waals surface area contributed by atoms with Gasteiger partial charge in [0.15, 0.2) is 0 Å². The summed E-state index contributed by atoms with van der Waals surface area (Å²) in [6, 6.07) is 10.1. The van der Waals surface area contributed by atoms with Crippen LogP contribution in [0.2, 0.25) is 0 Å². The van der Waals surface area contributed by atoms with Crippen molar-refractivity contribution in [2.24, 2.45) is 0 Å². The number of aromatic nitrogens is 4. The second-order valence-corrected chi connectivity index (χ2v) is 4.99. The summed E-state index contributed by atoms with van der Waals surface area (Å²) in [7, 11) is 0. The quantitative estimate of drug-likeness (QED) is 0.786. The number of anilines is 1. The number of nitrogens with two attached hydrogens (primary N) is 1. The minimum absolute atomic E-state index is 0.00417. The van der Waals surface area contributed by atoms with E-state index in [-0.39, 0.29) is 11.8 Å². The molecular formula is C16H14FN5. The van der Waals surface area contributed by atoms with Crippen LogP contribution in [0.5, 0.6) is 0 Å². The standard InChI is InChI=1S/C16H14FN5/c1-9-7-11(8-10(2)19-9)14-15(20-16(18)22-21-14)12-5-3-4-6-13(12)17/h3-8H,1-2H3,(H2,18,20,22). The van der Waals surface area contributed by atoms with E-state index < -0.39 is 0 Å². The lowest BCUT2D eigenvalue weighted by molar-refractivity contribution is 0.630. The molecule has 110 valence electrons. The normalized spacial score (nSPS) is 10.7. The molecule has 0 aliphatic heterocycles. The average molecular weight is 295 g/mol. The molecule has 0 radical (unpaired) electrons. The van der Waals surface area contributed by atoms with Gasteiger partial charge in [-0.2, -0.15) is 0 Å². The zero-order valence-electron chi connectivity index (χ0n) is 12.2. The molecule has 1 aromatic carbocycles. The average Bonchev–Trinajstić information content (AvgIpc) is 2.46. The van der Waals surface area contributed by atoms with Gasteiger partial charge in [-0.25, -0.2) is 9.37 Å². The highest BCUT2D eigenvalue weighted by Gasteiger charge is 2.16. The Kier molecular flexibility index (Phi) is 3.50. The molecule has 0 unspecified atom stereocenters. The molecule has 0 saturated heterocycles. The van der Waals surface area contributed by atoms with E-state index in [1.807, 2.05) is 26.0 Å². The highest BCUT2D eigenvalue weighted by atomic mass is 19.1. The molecule has 0 saturated carbocycles. The second kappa shape index (κ2) is 5.48. The van der Waals surface area contributed by atoms with Crippen LogP contribution in [0.15, 0.2) is 36.4 Å². The first-order chi connectivity index (χ1) is 10.5. The zero-order chi connectivity index (χ0) is 15.7.